The van der Waals surface area contributed by atoms with E-state index in [4.69, 9.17) is 11.6 Å². The average molecular weight is 144 g/mol. The zero-order chi connectivity index (χ0) is 4.99. The third kappa shape index (κ3) is 10.7. The molecule has 0 aliphatic rings. The summed E-state index contributed by atoms with van der Waals surface area (Å²) in [5, 5.41) is 0.414. The fourth-order valence-corrected chi connectivity index (χ4v) is 0.153. The van der Waals surface area contributed by atoms with Crippen LogP contribution in [-0.4, -0.2) is 6.61 Å². The van der Waals surface area contributed by atoms with Gasteiger partial charge in [0.15, 0.2) is 0 Å². The fourth-order valence-electron chi connectivity index (χ4n) is 0.0904. The molecule has 0 amide bonds. The first-order valence-corrected chi connectivity index (χ1v) is 1.80. The zero-order valence-electron chi connectivity index (χ0n) is 3.69. The molecule has 0 radical (unpaired) electrons. The van der Waals surface area contributed by atoms with Crippen LogP contribution in [0.4, 0.5) is 0 Å². The molecule has 0 fully saturated rings. The van der Waals surface area contributed by atoms with Crippen LogP contribution in [0.1, 0.15) is 0 Å². The Morgan fingerprint density at radius 2 is 2.29 bits per heavy atom. The number of nitrogens with two attached hydrogens (primary N) is 1. The van der Waals surface area contributed by atoms with Gasteiger partial charge in [-0.2, -0.15) is 0 Å². The number of rotatable bonds is 2. The average Bonchev–Trinajstić information content (AvgIpc) is 1.35. The van der Waals surface area contributed by atoms with Gasteiger partial charge < -0.3 is 0 Å². The maximum absolute atomic E-state index is 5.18. The van der Waals surface area contributed by atoms with Gasteiger partial charge in [-0.3, -0.25) is 4.84 Å². The van der Waals surface area contributed by atoms with E-state index in [-0.39, 0.29) is 19.0 Å². The van der Waals surface area contributed by atoms with E-state index in [0.29, 0.717) is 5.03 Å². The van der Waals surface area contributed by atoms with Crippen molar-refractivity contribution in [3.8, 4) is 0 Å². The molecule has 0 aromatic carbocycles. The Bertz CT molecular complexity index is 56.9. The van der Waals surface area contributed by atoms with E-state index in [1.54, 1.807) is 0 Å². The first-order chi connectivity index (χ1) is 2.77. The molecule has 0 aromatic heterocycles. The zero-order valence-corrected chi connectivity index (χ0v) is 5.26. The van der Waals surface area contributed by atoms with Gasteiger partial charge in [0.2, 0.25) is 0 Å². The maximum atomic E-state index is 5.18. The molecular formula is C3H7Cl2NO. The van der Waals surface area contributed by atoms with E-state index in [1.807, 2.05) is 0 Å². The van der Waals surface area contributed by atoms with E-state index >= 15 is 0 Å². The Labute approximate surface area is 53.6 Å². The lowest BCUT2D eigenvalue weighted by Gasteiger charge is -1.87. The Kier molecular flexibility index (Phi) is 9.15. The van der Waals surface area contributed by atoms with Gasteiger partial charge in [0.25, 0.3) is 0 Å². The van der Waals surface area contributed by atoms with Gasteiger partial charge in [0.1, 0.15) is 6.61 Å². The maximum Gasteiger partial charge on any atom is 0.103 e. The molecule has 0 saturated heterocycles. The van der Waals surface area contributed by atoms with Crippen molar-refractivity contribution in [3.05, 3.63) is 11.6 Å². The molecule has 0 atom stereocenters. The summed E-state index contributed by atoms with van der Waals surface area (Å²) in [6.45, 7) is 3.53. The van der Waals surface area contributed by atoms with E-state index < -0.39 is 0 Å². The van der Waals surface area contributed by atoms with Gasteiger partial charge in [-0.25, -0.2) is 5.90 Å². The molecule has 44 valence electrons. The van der Waals surface area contributed by atoms with Gasteiger partial charge in [-0.05, 0) is 0 Å². The highest BCUT2D eigenvalue weighted by atomic mass is 35.5. The summed E-state index contributed by atoms with van der Waals surface area (Å²) in [4.78, 5) is 4.07. The summed E-state index contributed by atoms with van der Waals surface area (Å²) in [5.74, 6) is 4.58. The summed E-state index contributed by atoms with van der Waals surface area (Å²) in [7, 11) is 0. The van der Waals surface area contributed by atoms with Crippen LogP contribution in [0.2, 0.25) is 0 Å². The molecule has 0 heterocycles. The molecule has 0 spiro atoms. The summed E-state index contributed by atoms with van der Waals surface area (Å²) in [5.41, 5.74) is 0. The van der Waals surface area contributed by atoms with E-state index in [9.17, 15) is 0 Å². The second-order valence-electron chi connectivity index (χ2n) is 0.828. The number of hydrogen-bond acceptors (Lipinski definition) is 2. The van der Waals surface area contributed by atoms with Crippen molar-refractivity contribution in [3.63, 3.8) is 0 Å². The normalized spacial score (nSPS) is 7.14. The molecule has 7 heavy (non-hydrogen) atoms. The molecule has 0 unspecified atom stereocenters. The summed E-state index contributed by atoms with van der Waals surface area (Å²) in [6, 6.07) is 0. The van der Waals surface area contributed by atoms with Crippen LogP contribution in [0.3, 0.4) is 0 Å². The highest BCUT2D eigenvalue weighted by molar-refractivity contribution is 6.29. The SMILES string of the molecule is C=C(Cl)CON.Cl. The molecule has 0 bridgehead atoms. The third-order valence-electron chi connectivity index (χ3n) is 0.240. The largest absolute Gasteiger partial charge is 0.299 e. The van der Waals surface area contributed by atoms with Gasteiger partial charge >= 0.3 is 0 Å². The van der Waals surface area contributed by atoms with Gasteiger partial charge in [0, 0.05) is 5.03 Å². The lowest BCUT2D eigenvalue weighted by molar-refractivity contribution is 0.165. The van der Waals surface area contributed by atoms with Crippen LogP contribution in [0.15, 0.2) is 11.6 Å². The van der Waals surface area contributed by atoms with Crippen molar-refractivity contribution in [2.75, 3.05) is 6.61 Å². The fraction of sp³-hybridized carbons (Fsp3) is 0.333. The third-order valence-corrected chi connectivity index (χ3v) is 0.349. The molecule has 2 nitrogen and oxygen atoms in total. The lowest BCUT2D eigenvalue weighted by atomic mass is 10.7. The molecule has 0 aromatic rings. The first kappa shape index (κ1) is 10.3. The molecule has 0 aliphatic carbocycles. The van der Waals surface area contributed by atoms with Crippen molar-refractivity contribution in [2.24, 2.45) is 5.90 Å². The van der Waals surface area contributed by atoms with Gasteiger partial charge in [-0.15, -0.1) is 12.4 Å². The lowest BCUT2D eigenvalue weighted by Crippen LogP contribution is -1.99. The standard InChI is InChI=1S/C3H6ClNO.ClH/c1-3(4)2-6-5;/h1-2,5H2;1H. The first-order valence-electron chi connectivity index (χ1n) is 1.42. The topological polar surface area (TPSA) is 35.2 Å². The Morgan fingerprint density at radius 3 is 2.29 bits per heavy atom. The van der Waals surface area contributed by atoms with Crippen molar-refractivity contribution >= 4 is 24.0 Å². The Morgan fingerprint density at radius 1 is 1.86 bits per heavy atom. The van der Waals surface area contributed by atoms with Crippen LogP contribution in [-0.2, 0) is 4.84 Å². The quantitative estimate of drug-likeness (QED) is 0.588. The number of hydrogen-bond donors (Lipinski definition) is 1. The van der Waals surface area contributed by atoms with Gasteiger partial charge in [0.05, 0.1) is 0 Å². The van der Waals surface area contributed by atoms with Crippen LogP contribution in [0.5, 0.6) is 0 Å². The van der Waals surface area contributed by atoms with Crippen LogP contribution in [0.25, 0.3) is 0 Å². The molecule has 4 heteroatoms. The molecule has 0 saturated carbocycles. The second-order valence-corrected chi connectivity index (χ2v) is 1.36. The monoisotopic (exact) mass is 143 g/mol. The predicted octanol–water partition coefficient (Wildman–Crippen LogP) is 1.05. The minimum Gasteiger partial charge on any atom is -0.299 e. The smallest absolute Gasteiger partial charge is 0.103 e. The predicted molar refractivity (Wildman–Crippen MR) is 32.4 cm³/mol. The Balaban J connectivity index is 0. The summed E-state index contributed by atoms with van der Waals surface area (Å²) >= 11 is 5.18. The van der Waals surface area contributed by atoms with Crippen molar-refractivity contribution in [2.45, 2.75) is 0 Å². The van der Waals surface area contributed by atoms with Crippen LogP contribution in [0, 0.1) is 0 Å². The second kappa shape index (κ2) is 6.24. The highest BCUT2D eigenvalue weighted by Crippen LogP contribution is 1.92. The van der Waals surface area contributed by atoms with Crippen LogP contribution >= 0.6 is 24.0 Å². The Hall–Kier alpha value is 0.240. The summed E-state index contributed by atoms with van der Waals surface area (Å²) < 4.78 is 0. The molecule has 0 aliphatic heterocycles. The van der Waals surface area contributed by atoms with Crippen molar-refractivity contribution in [1.82, 2.24) is 0 Å². The van der Waals surface area contributed by atoms with E-state index in [2.05, 4.69) is 17.3 Å². The van der Waals surface area contributed by atoms with E-state index in [0.717, 1.165) is 0 Å². The molecular weight excluding hydrogens is 137 g/mol. The summed E-state index contributed by atoms with van der Waals surface area (Å²) in [6.07, 6.45) is 0. The molecule has 2 N–H and O–H groups in total. The molecule has 0 rings (SSSR count). The van der Waals surface area contributed by atoms with Crippen LogP contribution < -0.4 is 5.90 Å². The van der Waals surface area contributed by atoms with Crippen molar-refractivity contribution < 1.29 is 4.84 Å². The van der Waals surface area contributed by atoms with E-state index in [1.165, 1.54) is 0 Å². The minimum atomic E-state index is 0. The highest BCUT2D eigenvalue weighted by Gasteiger charge is 1.79. The van der Waals surface area contributed by atoms with Gasteiger partial charge in [-0.1, -0.05) is 18.2 Å². The van der Waals surface area contributed by atoms with Crippen molar-refractivity contribution in [1.29, 1.82) is 0 Å². The number of halogens is 2. The minimum absolute atomic E-state index is 0.